The van der Waals surface area contributed by atoms with Crippen molar-refractivity contribution in [1.82, 2.24) is 0 Å². The Balaban J connectivity index is 2.55. The van der Waals surface area contributed by atoms with Crippen LogP contribution in [0.3, 0.4) is 0 Å². The van der Waals surface area contributed by atoms with E-state index < -0.39 is 0 Å². The monoisotopic (exact) mass is 212 g/mol. The fourth-order valence-corrected chi connectivity index (χ4v) is 3.48. The Morgan fingerprint density at radius 1 is 1.36 bits per heavy atom. The van der Waals surface area contributed by atoms with Crippen molar-refractivity contribution < 1.29 is 4.79 Å². The van der Waals surface area contributed by atoms with Gasteiger partial charge in [-0.1, -0.05) is 0 Å². The van der Waals surface area contributed by atoms with E-state index in [4.69, 9.17) is 0 Å². The Bertz CT molecular complexity index is 306. The van der Waals surface area contributed by atoms with Crippen molar-refractivity contribution in [3.05, 3.63) is 29.8 Å². The third-order valence-corrected chi connectivity index (χ3v) is 4.30. The summed E-state index contributed by atoms with van der Waals surface area (Å²) in [4.78, 5) is 11.7. The SMILES string of the molecule is CC1[Se]c2ccccc2C1=O. The number of fused-ring (bicyclic) bond motifs is 1. The standard InChI is InChI=1S/C9H8OSe/c1-6-9(10)7-4-2-3-5-8(7)11-6/h2-6H,1H3. The number of rotatable bonds is 0. The molecule has 0 saturated heterocycles. The van der Waals surface area contributed by atoms with Crippen molar-refractivity contribution in [3.8, 4) is 0 Å². The number of ketones is 1. The zero-order valence-corrected chi connectivity index (χ0v) is 7.92. The van der Waals surface area contributed by atoms with Crippen LogP contribution in [-0.2, 0) is 0 Å². The van der Waals surface area contributed by atoms with Crippen molar-refractivity contribution in [1.29, 1.82) is 0 Å². The number of hydrogen-bond donors (Lipinski definition) is 0. The molecule has 56 valence electrons. The van der Waals surface area contributed by atoms with Crippen LogP contribution in [-0.4, -0.2) is 20.7 Å². The van der Waals surface area contributed by atoms with Crippen LogP contribution in [0.15, 0.2) is 24.3 Å². The fourth-order valence-electron chi connectivity index (χ4n) is 1.24. The van der Waals surface area contributed by atoms with Gasteiger partial charge < -0.3 is 0 Å². The third kappa shape index (κ3) is 1.03. The molecule has 0 saturated carbocycles. The second kappa shape index (κ2) is 2.47. The van der Waals surface area contributed by atoms with Crippen molar-refractivity contribution in [2.75, 3.05) is 0 Å². The van der Waals surface area contributed by atoms with Crippen LogP contribution in [0.1, 0.15) is 17.3 Å². The van der Waals surface area contributed by atoms with Gasteiger partial charge in [-0.15, -0.1) is 0 Å². The maximum atomic E-state index is 11.4. The van der Waals surface area contributed by atoms with Gasteiger partial charge in [0.2, 0.25) is 0 Å². The van der Waals surface area contributed by atoms with Crippen LogP contribution < -0.4 is 4.46 Å². The van der Waals surface area contributed by atoms with E-state index >= 15 is 0 Å². The zero-order valence-electron chi connectivity index (χ0n) is 6.20. The van der Waals surface area contributed by atoms with Crippen LogP contribution in [0.5, 0.6) is 0 Å². The summed E-state index contributed by atoms with van der Waals surface area (Å²) in [6.07, 6.45) is 0. The van der Waals surface area contributed by atoms with Crippen LogP contribution in [0.2, 0.25) is 4.82 Å². The molecule has 1 aliphatic heterocycles. The fraction of sp³-hybridized carbons (Fsp3) is 0.222. The summed E-state index contributed by atoms with van der Waals surface area (Å²) in [7, 11) is 0. The number of carbonyl (C=O) groups excluding carboxylic acids is 1. The molecule has 1 heterocycles. The van der Waals surface area contributed by atoms with Crippen molar-refractivity contribution in [2.24, 2.45) is 0 Å². The van der Waals surface area contributed by atoms with Gasteiger partial charge >= 0.3 is 71.6 Å². The Hall–Kier alpha value is -0.591. The molecule has 2 rings (SSSR count). The van der Waals surface area contributed by atoms with Gasteiger partial charge in [-0.3, -0.25) is 0 Å². The van der Waals surface area contributed by atoms with E-state index in [9.17, 15) is 4.79 Å². The number of hydrogen-bond acceptors (Lipinski definition) is 1. The molecule has 0 aliphatic carbocycles. The summed E-state index contributed by atoms with van der Waals surface area (Å²) >= 11 is 0.383. The maximum absolute atomic E-state index is 11.4. The molecule has 1 atom stereocenters. The summed E-state index contributed by atoms with van der Waals surface area (Å²) in [5.41, 5.74) is 0.958. The van der Waals surface area contributed by atoms with E-state index in [0.717, 1.165) is 5.56 Å². The molecule has 0 N–H and O–H groups in total. The molecule has 0 spiro atoms. The van der Waals surface area contributed by atoms with E-state index in [1.165, 1.54) is 4.46 Å². The summed E-state index contributed by atoms with van der Waals surface area (Å²) in [5, 5.41) is 0. The molecule has 0 amide bonds. The van der Waals surface area contributed by atoms with Gasteiger partial charge in [0.15, 0.2) is 0 Å². The summed E-state index contributed by atoms with van der Waals surface area (Å²) in [5.74, 6) is 0.334. The van der Waals surface area contributed by atoms with Crippen LogP contribution in [0, 0.1) is 0 Å². The Kier molecular flexibility index (Phi) is 1.59. The molecule has 1 aromatic carbocycles. The average molecular weight is 211 g/mol. The molecule has 0 aromatic heterocycles. The number of benzene rings is 1. The third-order valence-electron chi connectivity index (χ3n) is 1.83. The second-order valence-corrected chi connectivity index (χ2v) is 5.52. The van der Waals surface area contributed by atoms with Crippen LogP contribution in [0.4, 0.5) is 0 Å². The van der Waals surface area contributed by atoms with E-state index in [1.54, 1.807) is 0 Å². The van der Waals surface area contributed by atoms with E-state index in [1.807, 2.05) is 25.1 Å². The number of carbonyl (C=O) groups is 1. The zero-order chi connectivity index (χ0) is 7.84. The Morgan fingerprint density at radius 2 is 2.09 bits per heavy atom. The van der Waals surface area contributed by atoms with Crippen LogP contribution >= 0.6 is 0 Å². The first-order valence-electron chi connectivity index (χ1n) is 3.59. The topological polar surface area (TPSA) is 17.1 Å². The average Bonchev–Trinajstić information content (AvgIpc) is 2.30. The van der Waals surface area contributed by atoms with Gasteiger partial charge in [0.25, 0.3) is 0 Å². The Morgan fingerprint density at radius 3 is 2.82 bits per heavy atom. The normalized spacial score (nSPS) is 21.9. The first kappa shape index (κ1) is 7.08. The summed E-state index contributed by atoms with van der Waals surface area (Å²) < 4.78 is 1.28. The molecular weight excluding hydrogens is 203 g/mol. The molecule has 1 nitrogen and oxygen atoms in total. The van der Waals surface area contributed by atoms with Gasteiger partial charge in [0.05, 0.1) is 0 Å². The predicted molar refractivity (Wildman–Crippen MR) is 45.6 cm³/mol. The van der Waals surface area contributed by atoms with E-state index in [-0.39, 0.29) is 4.82 Å². The first-order valence-corrected chi connectivity index (χ1v) is 5.43. The minimum absolute atomic E-state index is 0.264. The minimum atomic E-state index is 0.264. The van der Waals surface area contributed by atoms with Gasteiger partial charge in [-0.2, -0.15) is 0 Å². The second-order valence-electron chi connectivity index (χ2n) is 2.62. The quantitative estimate of drug-likeness (QED) is 0.585. The molecule has 0 fully saturated rings. The summed E-state index contributed by atoms with van der Waals surface area (Å²) in [6.45, 7) is 2.02. The van der Waals surface area contributed by atoms with Gasteiger partial charge in [0, 0.05) is 0 Å². The van der Waals surface area contributed by atoms with Crippen LogP contribution in [0.25, 0.3) is 0 Å². The molecule has 1 aromatic rings. The van der Waals surface area contributed by atoms with E-state index in [0.29, 0.717) is 20.7 Å². The van der Waals surface area contributed by atoms with Gasteiger partial charge in [-0.05, 0) is 0 Å². The van der Waals surface area contributed by atoms with Crippen molar-refractivity contribution in [3.63, 3.8) is 0 Å². The molecule has 1 unspecified atom stereocenters. The summed E-state index contributed by atoms with van der Waals surface area (Å²) in [6, 6.07) is 7.94. The van der Waals surface area contributed by atoms with Gasteiger partial charge in [-0.25, -0.2) is 0 Å². The molecule has 0 bridgehead atoms. The first-order chi connectivity index (χ1) is 5.29. The molecule has 2 heteroatoms. The van der Waals surface area contributed by atoms with Crippen molar-refractivity contribution >= 4 is 25.2 Å². The molecule has 1 aliphatic rings. The molecular formula is C9H8OSe. The molecule has 0 radical (unpaired) electrons. The number of Topliss-reactive ketones (excluding diaryl/α,β-unsaturated/α-hetero) is 1. The molecule has 11 heavy (non-hydrogen) atoms. The van der Waals surface area contributed by atoms with Gasteiger partial charge in [0.1, 0.15) is 0 Å². The van der Waals surface area contributed by atoms with E-state index in [2.05, 4.69) is 6.07 Å². The predicted octanol–water partition coefficient (Wildman–Crippen LogP) is 1.02. The van der Waals surface area contributed by atoms with Crippen molar-refractivity contribution in [2.45, 2.75) is 11.7 Å². The Labute approximate surface area is 72.0 Å².